The fraction of sp³-hybridized carbons (Fsp3) is 0.214. The van der Waals surface area contributed by atoms with Gasteiger partial charge in [0.1, 0.15) is 11.6 Å². The molecule has 0 atom stereocenters. The lowest BCUT2D eigenvalue weighted by Gasteiger charge is -2.07. The molecule has 1 amide bonds. The molecule has 2 N–H and O–H groups in total. The number of hydrogen-bond acceptors (Lipinski definition) is 6. The monoisotopic (exact) mass is 288 g/mol. The second-order valence-corrected chi connectivity index (χ2v) is 4.12. The van der Waals surface area contributed by atoms with Gasteiger partial charge < -0.3 is 14.8 Å². The Morgan fingerprint density at radius 2 is 1.71 bits per heavy atom. The summed E-state index contributed by atoms with van der Waals surface area (Å²) in [5.74, 6) is 1.76. The van der Waals surface area contributed by atoms with Gasteiger partial charge in [-0.05, 0) is 29.8 Å². The van der Waals surface area contributed by atoms with Crippen molar-refractivity contribution >= 4 is 17.7 Å². The van der Waals surface area contributed by atoms with Gasteiger partial charge >= 0.3 is 6.09 Å². The molecule has 2 rings (SSSR count). The summed E-state index contributed by atoms with van der Waals surface area (Å²) in [4.78, 5) is 11.0. The molecule has 1 heterocycles. The molecule has 1 aromatic carbocycles. The van der Waals surface area contributed by atoms with Crippen LogP contribution in [0, 0.1) is 0 Å². The van der Waals surface area contributed by atoms with Crippen LogP contribution in [0.25, 0.3) is 0 Å². The number of aromatic nitrogens is 2. The third-order valence-corrected chi connectivity index (χ3v) is 2.71. The molecule has 0 radical (unpaired) electrons. The second-order valence-electron chi connectivity index (χ2n) is 4.12. The zero-order valence-electron chi connectivity index (χ0n) is 11.8. The van der Waals surface area contributed by atoms with Crippen molar-refractivity contribution in [2.24, 2.45) is 0 Å². The third-order valence-electron chi connectivity index (χ3n) is 2.71. The van der Waals surface area contributed by atoms with Crippen LogP contribution in [0.4, 0.5) is 16.4 Å². The molecule has 1 aromatic heterocycles. The van der Waals surface area contributed by atoms with Crippen molar-refractivity contribution in [1.29, 1.82) is 0 Å². The summed E-state index contributed by atoms with van der Waals surface area (Å²) in [7, 11) is 2.92. The summed E-state index contributed by atoms with van der Waals surface area (Å²) in [6.07, 6.45) is -0.580. The summed E-state index contributed by atoms with van der Waals surface area (Å²) in [6.45, 7) is 0.614. The lowest BCUT2D eigenvalue weighted by atomic mass is 10.2. The molecule has 0 bridgehead atoms. The first kappa shape index (κ1) is 14.6. The standard InChI is InChI=1S/C14H16N4O3/c1-20-11-5-3-10(4-6-11)9-15-12-7-8-13(18-17-12)16-14(19)21-2/h3-8H,9H2,1-2H3,(H,15,17)(H,16,18,19). The molecule has 0 aliphatic carbocycles. The van der Waals surface area contributed by atoms with E-state index in [1.807, 2.05) is 24.3 Å². The lowest BCUT2D eigenvalue weighted by molar-refractivity contribution is 0.187. The first-order valence-electron chi connectivity index (χ1n) is 6.27. The van der Waals surface area contributed by atoms with E-state index >= 15 is 0 Å². The molecule has 0 unspecified atom stereocenters. The fourth-order valence-corrected chi connectivity index (χ4v) is 1.58. The van der Waals surface area contributed by atoms with E-state index < -0.39 is 6.09 Å². The van der Waals surface area contributed by atoms with Crippen LogP contribution in [0.2, 0.25) is 0 Å². The van der Waals surface area contributed by atoms with Crippen molar-refractivity contribution < 1.29 is 14.3 Å². The minimum Gasteiger partial charge on any atom is -0.497 e. The van der Waals surface area contributed by atoms with Crippen LogP contribution in [0.5, 0.6) is 5.75 Å². The van der Waals surface area contributed by atoms with Gasteiger partial charge in [0, 0.05) is 6.54 Å². The number of hydrogen-bond donors (Lipinski definition) is 2. The van der Waals surface area contributed by atoms with Crippen molar-refractivity contribution in [3.05, 3.63) is 42.0 Å². The summed E-state index contributed by atoms with van der Waals surface area (Å²) >= 11 is 0. The summed E-state index contributed by atoms with van der Waals surface area (Å²) in [6, 6.07) is 11.1. The Bertz CT molecular complexity index is 584. The van der Waals surface area contributed by atoms with Gasteiger partial charge in [-0.3, -0.25) is 5.32 Å². The minimum atomic E-state index is -0.580. The van der Waals surface area contributed by atoms with Gasteiger partial charge in [0.25, 0.3) is 0 Å². The van der Waals surface area contributed by atoms with Crippen LogP contribution >= 0.6 is 0 Å². The molecule has 7 heteroatoms. The zero-order valence-corrected chi connectivity index (χ0v) is 11.8. The normalized spacial score (nSPS) is 9.81. The molecule has 21 heavy (non-hydrogen) atoms. The summed E-state index contributed by atoms with van der Waals surface area (Å²) < 4.78 is 9.56. The highest BCUT2D eigenvalue weighted by Gasteiger charge is 2.03. The average molecular weight is 288 g/mol. The number of rotatable bonds is 5. The SMILES string of the molecule is COC(=O)Nc1ccc(NCc2ccc(OC)cc2)nn1. The van der Waals surface area contributed by atoms with E-state index in [-0.39, 0.29) is 0 Å². The Morgan fingerprint density at radius 1 is 1.05 bits per heavy atom. The number of methoxy groups -OCH3 is 2. The molecule has 0 spiro atoms. The van der Waals surface area contributed by atoms with Gasteiger partial charge in [-0.2, -0.15) is 0 Å². The Morgan fingerprint density at radius 3 is 2.29 bits per heavy atom. The molecule has 0 aliphatic heterocycles. The molecule has 0 fully saturated rings. The highest BCUT2D eigenvalue weighted by molar-refractivity contribution is 5.83. The van der Waals surface area contributed by atoms with Crippen LogP contribution in [-0.4, -0.2) is 30.5 Å². The number of anilines is 2. The number of nitrogens with one attached hydrogen (secondary N) is 2. The van der Waals surface area contributed by atoms with Crippen molar-refractivity contribution in [3.8, 4) is 5.75 Å². The molecule has 0 aliphatic rings. The first-order chi connectivity index (χ1) is 10.2. The van der Waals surface area contributed by atoms with E-state index in [0.717, 1.165) is 11.3 Å². The van der Waals surface area contributed by atoms with E-state index in [9.17, 15) is 4.79 Å². The number of nitrogens with zero attached hydrogens (tertiary/aromatic N) is 2. The molecule has 0 saturated heterocycles. The lowest BCUT2D eigenvalue weighted by Crippen LogP contribution is -2.13. The summed E-state index contributed by atoms with van der Waals surface area (Å²) in [5, 5.41) is 13.4. The fourth-order valence-electron chi connectivity index (χ4n) is 1.58. The molecular weight excluding hydrogens is 272 g/mol. The highest BCUT2D eigenvalue weighted by Crippen LogP contribution is 2.13. The van der Waals surface area contributed by atoms with E-state index in [4.69, 9.17) is 4.74 Å². The van der Waals surface area contributed by atoms with Crippen molar-refractivity contribution in [2.75, 3.05) is 24.9 Å². The number of carbonyl (C=O) groups excluding carboxylic acids is 1. The van der Waals surface area contributed by atoms with Gasteiger partial charge in [0.15, 0.2) is 5.82 Å². The van der Waals surface area contributed by atoms with Gasteiger partial charge in [0.05, 0.1) is 14.2 Å². The van der Waals surface area contributed by atoms with E-state index in [2.05, 4.69) is 25.6 Å². The first-order valence-corrected chi connectivity index (χ1v) is 6.27. The molecule has 110 valence electrons. The maximum Gasteiger partial charge on any atom is 0.412 e. The predicted octanol–water partition coefficient (Wildman–Crippen LogP) is 2.28. The van der Waals surface area contributed by atoms with Crippen LogP contribution in [0.3, 0.4) is 0 Å². The van der Waals surface area contributed by atoms with E-state index in [0.29, 0.717) is 18.2 Å². The Hall–Kier alpha value is -2.83. The van der Waals surface area contributed by atoms with Gasteiger partial charge in [-0.15, -0.1) is 10.2 Å². The third kappa shape index (κ3) is 4.34. The van der Waals surface area contributed by atoms with Crippen LogP contribution < -0.4 is 15.4 Å². The molecule has 0 saturated carbocycles. The number of ether oxygens (including phenoxy) is 2. The van der Waals surface area contributed by atoms with Gasteiger partial charge in [-0.25, -0.2) is 4.79 Å². The minimum absolute atomic E-state index is 0.330. The Labute approximate surface area is 122 Å². The largest absolute Gasteiger partial charge is 0.497 e. The number of amides is 1. The summed E-state index contributed by atoms with van der Waals surface area (Å²) in [5.41, 5.74) is 1.09. The van der Waals surface area contributed by atoms with Crippen molar-refractivity contribution in [1.82, 2.24) is 10.2 Å². The van der Waals surface area contributed by atoms with Gasteiger partial charge in [0.2, 0.25) is 0 Å². The maximum atomic E-state index is 11.0. The quantitative estimate of drug-likeness (QED) is 0.878. The molecule has 2 aromatic rings. The smallest absolute Gasteiger partial charge is 0.412 e. The molecule has 7 nitrogen and oxygen atoms in total. The number of carbonyl (C=O) groups is 1. The van der Waals surface area contributed by atoms with Crippen LogP contribution in [-0.2, 0) is 11.3 Å². The Balaban J connectivity index is 1.89. The van der Waals surface area contributed by atoms with E-state index in [1.165, 1.54) is 7.11 Å². The van der Waals surface area contributed by atoms with Gasteiger partial charge in [-0.1, -0.05) is 12.1 Å². The predicted molar refractivity (Wildman–Crippen MR) is 78.4 cm³/mol. The van der Waals surface area contributed by atoms with Crippen molar-refractivity contribution in [2.45, 2.75) is 6.54 Å². The van der Waals surface area contributed by atoms with Crippen LogP contribution in [0.1, 0.15) is 5.56 Å². The average Bonchev–Trinajstić information content (AvgIpc) is 2.54. The second kappa shape index (κ2) is 7.09. The topological polar surface area (TPSA) is 85.4 Å². The zero-order chi connectivity index (χ0) is 15.1. The maximum absolute atomic E-state index is 11.0. The van der Waals surface area contributed by atoms with E-state index in [1.54, 1.807) is 19.2 Å². The Kier molecular flexibility index (Phi) is 4.92. The number of benzene rings is 1. The highest BCUT2D eigenvalue weighted by atomic mass is 16.5. The van der Waals surface area contributed by atoms with Crippen molar-refractivity contribution in [3.63, 3.8) is 0 Å². The van der Waals surface area contributed by atoms with Crippen LogP contribution in [0.15, 0.2) is 36.4 Å². The molecular formula is C14H16N4O3.